The molecule has 0 saturated heterocycles. The van der Waals surface area contributed by atoms with Crippen LogP contribution >= 0.6 is 34.8 Å². The molecule has 7 nitrogen and oxygen atoms in total. The third-order valence-corrected chi connectivity index (χ3v) is 4.99. The van der Waals surface area contributed by atoms with Crippen LogP contribution in [0.5, 0.6) is 5.75 Å². The Labute approximate surface area is 197 Å². The van der Waals surface area contributed by atoms with Crippen LogP contribution < -0.4 is 15.5 Å². The summed E-state index contributed by atoms with van der Waals surface area (Å²) in [5, 5.41) is 6.86. The Morgan fingerprint density at radius 3 is 2.31 bits per heavy atom. The lowest BCUT2D eigenvalue weighted by Crippen LogP contribution is -2.32. The van der Waals surface area contributed by atoms with E-state index in [4.69, 9.17) is 39.5 Å². The molecule has 0 unspecified atom stereocenters. The lowest BCUT2D eigenvalue weighted by atomic mass is 10.2. The minimum atomic E-state index is -0.996. The Hall–Kier alpha value is -3.39. The van der Waals surface area contributed by atoms with Gasteiger partial charge in [-0.15, -0.1) is 0 Å². The number of hydrogen-bond acceptors (Lipinski definition) is 5. The quantitative estimate of drug-likeness (QED) is 0.174. The van der Waals surface area contributed by atoms with Crippen LogP contribution in [-0.2, 0) is 9.59 Å². The summed E-state index contributed by atoms with van der Waals surface area (Å²) < 4.78 is 5.27. The summed E-state index contributed by atoms with van der Waals surface area (Å²) in [6.45, 7) is 0. The number of benzene rings is 3. The van der Waals surface area contributed by atoms with Gasteiger partial charge in [-0.05, 0) is 60.2 Å². The monoisotopic (exact) mass is 489 g/mol. The van der Waals surface area contributed by atoms with Crippen LogP contribution in [0.25, 0.3) is 0 Å². The van der Waals surface area contributed by atoms with Crippen LogP contribution in [-0.4, -0.2) is 24.0 Å². The zero-order valence-electron chi connectivity index (χ0n) is 16.1. The van der Waals surface area contributed by atoms with Gasteiger partial charge in [-0.25, -0.2) is 10.2 Å². The number of amides is 2. The van der Waals surface area contributed by atoms with Crippen molar-refractivity contribution in [2.24, 2.45) is 5.10 Å². The Kier molecular flexibility index (Phi) is 7.83. The number of rotatable bonds is 5. The van der Waals surface area contributed by atoms with Gasteiger partial charge in [0.1, 0.15) is 5.75 Å². The molecule has 0 radical (unpaired) electrons. The van der Waals surface area contributed by atoms with Crippen molar-refractivity contribution in [2.75, 3.05) is 5.32 Å². The number of hydrazone groups is 1. The Morgan fingerprint density at radius 1 is 0.875 bits per heavy atom. The van der Waals surface area contributed by atoms with Gasteiger partial charge in [-0.2, -0.15) is 5.10 Å². The second-order valence-electron chi connectivity index (χ2n) is 6.22. The molecule has 0 aliphatic carbocycles. The van der Waals surface area contributed by atoms with Crippen molar-refractivity contribution in [2.45, 2.75) is 0 Å². The summed E-state index contributed by atoms with van der Waals surface area (Å²) in [6, 6.07) is 17.4. The fourth-order valence-corrected chi connectivity index (χ4v) is 2.94. The normalized spacial score (nSPS) is 10.6. The molecule has 0 atom stereocenters. The summed E-state index contributed by atoms with van der Waals surface area (Å²) in [7, 11) is 0. The zero-order valence-corrected chi connectivity index (χ0v) is 18.4. The number of hydrogen-bond donors (Lipinski definition) is 2. The number of nitrogens with one attached hydrogen (secondary N) is 2. The summed E-state index contributed by atoms with van der Waals surface area (Å²) in [5.41, 5.74) is 3.22. The van der Waals surface area contributed by atoms with E-state index in [0.29, 0.717) is 21.9 Å². The van der Waals surface area contributed by atoms with Gasteiger partial charge in [0, 0.05) is 5.02 Å². The fourth-order valence-electron chi connectivity index (χ4n) is 2.40. The van der Waals surface area contributed by atoms with Gasteiger partial charge in [-0.1, -0.05) is 46.9 Å². The van der Waals surface area contributed by atoms with Crippen LogP contribution in [0.2, 0.25) is 15.1 Å². The number of anilines is 1. The molecule has 162 valence electrons. The van der Waals surface area contributed by atoms with Crippen molar-refractivity contribution in [3.8, 4) is 5.75 Å². The van der Waals surface area contributed by atoms with E-state index in [1.54, 1.807) is 54.6 Å². The number of carbonyl (C=O) groups is 3. The van der Waals surface area contributed by atoms with Crippen LogP contribution in [0.4, 0.5) is 5.69 Å². The van der Waals surface area contributed by atoms with E-state index in [9.17, 15) is 14.4 Å². The standard InChI is InChI=1S/C22H14Cl3N3O4/c23-15-4-1-3-14(11-15)22(31)32-16-9-7-13(8-10-16)12-26-28-21(30)20(29)27-18-6-2-5-17(24)19(18)25/h1-12H,(H,27,29)(H,28,30)/b26-12-. The zero-order chi connectivity index (χ0) is 23.1. The molecule has 0 aliphatic heterocycles. The minimum absolute atomic E-state index is 0.120. The molecule has 10 heteroatoms. The summed E-state index contributed by atoms with van der Waals surface area (Å²) in [5.74, 6) is -2.19. The fraction of sp³-hybridized carbons (Fsp3) is 0. The molecule has 0 saturated carbocycles. The molecule has 0 bridgehead atoms. The number of ether oxygens (including phenoxy) is 1. The number of nitrogens with zero attached hydrogens (tertiary/aromatic N) is 1. The number of carbonyl (C=O) groups excluding carboxylic acids is 3. The third-order valence-electron chi connectivity index (χ3n) is 3.94. The van der Waals surface area contributed by atoms with Crippen molar-refractivity contribution in [1.82, 2.24) is 5.43 Å². The lowest BCUT2D eigenvalue weighted by molar-refractivity contribution is -0.136. The average molecular weight is 491 g/mol. The lowest BCUT2D eigenvalue weighted by Gasteiger charge is -2.07. The van der Waals surface area contributed by atoms with Crippen molar-refractivity contribution < 1.29 is 19.1 Å². The highest BCUT2D eigenvalue weighted by molar-refractivity contribution is 6.45. The molecule has 0 fully saturated rings. The molecule has 2 amide bonds. The van der Waals surface area contributed by atoms with E-state index in [1.807, 2.05) is 0 Å². The highest BCUT2D eigenvalue weighted by atomic mass is 35.5. The second kappa shape index (κ2) is 10.8. The topological polar surface area (TPSA) is 96.9 Å². The summed E-state index contributed by atoms with van der Waals surface area (Å²) in [6.07, 6.45) is 1.32. The summed E-state index contributed by atoms with van der Waals surface area (Å²) >= 11 is 17.7. The maximum atomic E-state index is 12.1. The molecule has 3 aromatic carbocycles. The van der Waals surface area contributed by atoms with E-state index in [1.165, 1.54) is 18.3 Å². The Morgan fingerprint density at radius 2 is 1.59 bits per heavy atom. The van der Waals surface area contributed by atoms with Crippen molar-refractivity contribution >= 4 is 64.5 Å². The molecular formula is C22H14Cl3N3O4. The molecule has 0 aromatic heterocycles. The SMILES string of the molecule is O=C(N/N=C\c1ccc(OC(=O)c2cccc(Cl)c2)cc1)C(=O)Nc1cccc(Cl)c1Cl. The molecule has 32 heavy (non-hydrogen) atoms. The Bertz CT molecular complexity index is 1200. The van der Waals surface area contributed by atoms with Crippen LogP contribution in [0.15, 0.2) is 71.8 Å². The van der Waals surface area contributed by atoms with E-state index < -0.39 is 17.8 Å². The molecule has 0 heterocycles. The van der Waals surface area contributed by atoms with E-state index in [0.717, 1.165) is 0 Å². The van der Waals surface area contributed by atoms with Gasteiger partial charge in [0.2, 0.25) is 0 Å². The number of halogens is 3. The van der Waals surface area contributed by atoms with E-state index in [2.05, 4.69) is 15.8 Å². The van der Waals surface area contributed by atoms with Gasteiger partial charge >= 0.3 is 17.8 Å². The van der Waals surface area contributed by atoms with E-state index in [-0.39, 0.29) is 15.7 Å². The molecular weight excluding hydrogens is 477 g/mol. The first-order valence-corrected chi connectivity index (χ1v) is 10.1. The first-order valence-electron chi connectivity index (χ1n) is 8.99. The molecule has 2 N–H and O–H groups in total. The third kappa shape index (κ3) is 6.31. The Balaban J connectivity index is 1.53. The van der Waals surface area contributed by atoms with Crippen LogP contribution in [0, 0.1) is 0 Å². The molecule has 3 aromatic rings. The van der Waals surface area contributed by atoms with Gasteiger partial charge in [0.05, 0.1) is 27.5 Å². The number of esters is 1. The highest BCUT2D eigenvalue weighted by Crippen LogP contribution is 2.29. The van der Waals surface area contributed by atoms with E-state index >= 15 is 0 Å². The predicted molar refractivity (Wildman–Crippen MR) is 124 cm³/mol. The maximum absolute atomic E-state index is 12.1. The van der Waals surface area contributed by atoms with Gasteiger partial charge < -0.3 is 10.1 Å². The summed E-state index contributed by atoms with van der Waals surface area (Å²) in [4.78, 5) is 36.0. The van der Waals surface area contributed by atoms with Crippen molar-refractivity contribution in [1.29, 1.82) is 0 Å². The smallest absolute Gasteiger partial charge is 0.343 e. The maximum Gasteiger partial charge on any atom is 0.343 e. The highest BCUT2D eigenvalue weighted by Gasteiger charge is 2.15. The second-order valence-corrected chi connectivity index (χ2v) is 7.45. The molecule has 0 aliphatic rings. The van der Waals surface area contributed by atoms with Crippen LogP contribution in [0.1, 0.15) is 15.9 Å². The van der Waals surface area contributed by atoms with Crippen LogP contribution in [0.3, 0.4) is 0 Å². The minimum Gasteiger partial charge on any atom is -0.423 e. The van der Waals surface area contributed by atoms with Gasteiger partial charge in [0.25, 0.3) is 0 Å². The molecule has 0 spiro atoms. The largest absolute Gasteiger partial charge is 0.423 e. The van der Waals surface area contributed by atoms with Gasteiger partial charge in [0.15, 0.2) is 0 Å². The van der Waals surface area contributed by atoms with Gasteiger partial charge in [-0.3, -0.25) is 9.59 Å². The predicted octanol–water partition coefficient (Wildman–Crippen LogP) is 4.95. The van der Waals surface area contributed by atoms with Crippen molar-refractivity contribution in [3.63, 3.8) is 0 Å². The first kappa shape index (κ1) is 23.3. The first-order chi connectivity index (χ1) is 15.3. The average Bonchev–Trinajstić information content (AvgIpc) is 2.78. The molecule has 3 rings (SSSR count). The van der Waals surface area contributed by atoms with Crippen molar-refractivity contribution in [3.05, 3.63) is 92.9 Å².